The van der Waals surface area contributed by atoms with Crippen molar-refractivity contribution in [1.82, 2.24) is 5.32 Å². The van der Waals surface area contributed by atoms with Gasteiger partial charge in [0.05, 0.1) is 17.4 Å². The Labute approximate surface area is 150 Å². The summed E-state index contributed by atoms with van der Waals surface area (Å²) in [6.45, 7) is 1.79. The Hall–Kier alpha value is -1.60. The van der Waals surface area contributed by atoms with Gasteiger partial charge in [-0.3, -0.25) is 4.79 Å². The van der Waals surface area contributed by atoms with E-state index >= 15 is 0 Å². The number of amides is 1. The lowest BCUT2D eigenvalue weighted by Gasteiger charge is -2.15. The number of nitrogens with one attached hydrogen (secondary N) is 1. The number of benzene rings is 2. The van der Waals surface area contributed by atoms with E-state index in [1.165, 1.54) is 12.1 Å². The second-order valence-corrected chi connectivity index (χ2v) is 7.66. The average molecular weight is 387 g/mol. The van der Waals surface area contributed by atoms with Crippen LogP contribution in [0, 0.1) is 0 Å². The summed E-state index contributed by atoms with van der Waals surface area (Å²) in [6.07, 6.45) is 0.0537. The van der Waals surface area contributed by atoms with Crippen LogP contribution < -0.4 is 10.5 Å². The van der Waals surface area contributed by atoms with Crippen LogP contribution in [0.1, 0.15) is 24.1 Å². The molecule has 2 aromatic rings. The van der Waals surface area contributed by atoms with Crippen LogP contribution in [0.2, 0.25) is 10.0 Å². The molecule has 5 nitrogen and oxygen atoms in total. The zero-order valence-electron chi connectivity index (χ0n) is 12.8. The molecule has 1 unspecified atom stereocenters. The molecule has 0 aliphatic heterocycles. The van der Waals surface area contributed by atoms with Crippen molar-refractivity contribution in [3.8, 4) is 0 Å². The lowest BCUT2D eigenvalue weighted by molar-refractivity contribution is -0.121. The maximum atomic E-state index is 12.2. The summed E-state index contributed by atoms with van der Waals surface area (Å²) >= 11 is 12.1. The third kappa shape index (κ3) is 4.70. The van der Waals surface area contributed by atoms with Crippen molar-refractivity contribution >= 4 is 39.1 Å². The number of sulfonamides is 1. The van der Waals surface area contributed by atoms with Crippen LogP contribution in [0.25, 0.3) is 0 Å². The Morgan fingerprint density at radius 3 is 2.17 bits per heavy atom. The minimum Gasteiger partial charge on any atom is -0.349 e. The van der Waals surface area contributed by atoms with Gasteiger partial charge in [0.25, 0.3) is 0 Å². The van der Waals surface area contributed by atoms with E-state index in [-0.39, 0.29) is 23.3 Å². The van der Waals surface area contributed by atoms with E-state index in [9.17, 15) is 13.2 Å². The maximum absolute atomic E-state index is 12.2. The first kappa shape index (κ1) is 18.7. The fraction of sp³-hybridized carbons (Fsp3) is 0.188. The highest BCUT2D eigenvalue weighted by molar-refractivity contribution is 7.89. The molecule has 0 heterocycles. The fourth-order valence-corrected chi connectivity index (χ4v) is 3.23. The molecule has 1 amide bonds. The van der Waals surface area contributed by atoms with E-state index < -0.39 is 10.0 Å². The summed E-state index contributed by atoms with van der Waals surface area (Å²) in [7, 11) is -3.74. The van der Waals surface area contributed by atoms with Gasteiger partial charge < -0.3 is 5.32 Å². The molecule has 0 fully saturated rings. The van der Waals surface area contributed by atoms with Crippen LogP contribution in [-0.4, -0.2) is 14.3 Å². The molecule has 128 valence electrons. The van der Waals surface area contributed by atoms with Crippen molar-refractivity contribution in [1.29, 1.82) is 0 Å². The van der Waals surface area contributed by atoms with Crippen molar-refractivity contribution < 1.29 is 13.2 Å². The fourth-order valence-electron chi connectivity index (χ4n) is 2.18. The van der Waals surface area contributed by atoms with E-state index in [4.69, 9.17) is 28.3 Å². The third-order valence-electron chi connectivity index (χ3n) is 3.49. The zero-order chi connectivity index (χ0) is 17.9. The van der Waals surface area contributed by atoms with Crippen LogP contribution >= 0.6 is 23.2 Å². The van der Waals surface area contributed by atoms with Crippen molar-refractivity contribution in [3.05, 3.63) is 63.6 Å². The largest absolute Gasteiger partial charge is 0.349 e. The Bertz CT molecular complexity index is 832. The summed E-state index contributed by atoms with van der Waals surface area (Å²) < 4.78 is 22.5. The number of hydrogen-bond donors (Lipinski definition) is 2. The molecule has 24 heavy (non-hydrogen) atoms. The van der Waals surface area contributed by atoms with Gasteiger partial charge in [0.15, 0.2) is 0 Å². The van der Waals surface area contributed by atoms with E-state index in [2.05, 4.69) is 5.32 Å². The number of hydrogen-bond acceptors (Lipinski definition) is 3. The van der Waals surface area contributed by atoms with E-state index in [0.717, 1.165) is 5.56 Å². The topological polar surface area (TPSA) is 89.3 Å². The number of carbonyl (C=O) groups excluding carboxylic acids is 1. The normalized spacial score (nSPS) is 12.7. The average Bonchev–Trinajstić information content (AvgIpc) is 2.50. The van der Waals surface area contributed by atoms with Gasteiger partial charge >= 0.3 is 0 Å². The minimum absolute atomic E-state index is 0.0209. The van der Waals surface area contributed by atoms with Crippen molar-refractivity contribution in [2.24, 2.45) is 5.14 Å². The molecule has 0 bridgehead atoms. The third-order valence-corrected chi connectivity index (χ3v) is 5.12. The predicted molar refractivity (Wildman–Crippen MR) is 94.5 cm³/mol. The van der Waals surface area contributed by atoms with Gasteiger partial charge in [-0.25, -0.2) is 13.6 Å². The quantitative estimate of drug-likeness (QED) is 0.826. The van der Waals surface area contributed by atoms with Crippen LogP contribution in [0.15, 0.2) is 47.4 Å². The molecule has 1 atom stereocenters. The van der Waals surface area contributed by atoms with Gasteiger partial charge in [0.2, 0.25) is 15.9 Å². The molecule has 0 aliphatic rings. The molecule has 0 aliphatic carbocycles. The summed E-state index contributed by atoms with van der Waals surface area (Å²) in [5, 5.41) is 8.74. The Morgan fingerprint density at radius 1 is 1.12 bits per heavy atom. The lowest BCUT2D eigenvalue weighted by Crippen LogP contribution is -2.28. The van der Waals surface area contributed by atoms with Crippen molar-refractivity contribution in [3.63, 3.8) is 0 Å². The summed E-state index contributed by atoms with van der Waals surface area (Å²) in [4.78, 5) is 12.2. The highest BCUT2D eigenvalue weighted by atomic mass is 35.5. The molecular weight excluding hydrogens is 371 g/mol. The first-order valence-corrected chi connectivity index (χ1v) is 9.33. The minimum atomic E-state index is -3.74. The highest BCUT2D eigenvalue weighted by Crippen LogP contribution is 2.25. The molecule has 0 spiro atoms. The molecule has 0 radical (unpaired) electrons. The van der Waals surface area contributed by atoms with Gasteiger partial charge in [-0.2, -0.15) is 0 Å². The van der Waals surface area contributed by atoms with Crippen molar-refractivity contribution in [2.45, 2.75) is 24.3 Å². The standard InChI is InChI=1S/C16H16Cl2N2O3S/c1-10(11-5-7-12(8-6-11)24(19,22)23)20-16(21)9-13-14(17)3-2-4-15(13)18/h2-8,10H,9H2,1H3,(H,20,21)(H2,19,22,23). The molecule has 3 N–H and O–H groups in total. The van der Waals surface area contributed by atoms with E-state index in [0.29, 0.717) is 15.6 Å². The van der Waals surface area contributed by atoms with Gasteiger partial charge in [0, 0.05) is 10.0 Å². The van der Waals surface area contributed by atoms with Gasteiger partial charge in [-0.1, -0.05) is 41.4 Å². The number of carbonyl (C=O) groups is 1. The Morgan fingerprint density at radius 2 is 1.67 bits per heavy atom. The van der Waals surface area contributed by atoms with E-state index in [1.54, 1.807) is 37.3 Å². The SMILES string of the molecule is CC(NC(=O)Cc1c(Cl)cccc1Cl)c1ccc(S(N)(=O)=O)cc1. The number of nitrogens with two attached hydrogens (primary N) is 1. The van der Waals surface area contributed by atoms with Crippen LogP contribution in [0.3, 0.4) is 0 Å². The first-order chi connectivity index (χ1) is 11.2. The van der Waals surface area contributed by atoms with Gasteiger partial charge in [-0.15, -0.1) is 0 Å². The summed E-state index contributed by atoms with van der Waals surface area (Å²) in [5.74, 6) is -0.243. The van der Waals surface area contributed by atoms with E-state index in [1.807, 2.05) is 0 Å². The smallest absolute Gasteiger partial charge is 0.238 e. The van der Waals surface area contributed by atoms with Gasteiger partial charge in [-0.05, 0) is 42.3 Å². The molecular formula is C16H16Cl2N2O3S. The first-order valence-electron chi connectivity index (χ1n) is 7.03. The van der Waals surface area contributed by atoms with Crippen LogP contribution in [-0.2, 0) is 21.2 Å². The summed E-state index contributed by atoms with van der Waals surface area (Å²) in [5.41, 5.74) is 1.32. The molecule has 0 aromatic heterocycles. The number of halogens is 2. The molecule has 2 rings (SSSR count). The van der Waals surface area contributed by atoms with Crippen LogP contribution in [0.5, 0.6) is 0 Å². The zero-order valence-corrected chi connectivity index (χ0v) is 15.1. The molecule has 8 heteroatoms. The number of rotatable bonds is 5. The molecule has 0 saturated carbocycles. The Balaban J connectivity index is 2.06. The van der Waals surface area contributed by atoms with Gasteiger partial charge in [0.1, 0.15) is 0 Å². The van der Waals surface area contributed by atoms with Crippen LogP contribution in [0.4, 0.5) is 0 Å². The maximum Gasteiger partial charge on any atom is 0.238 e. The second kappa shape index (κ2) is 7.53. The number of primary sulfonamides is 1. The Kier molecular flexibility index (Phi) is 5.87. The lowest BCUT2D eigenvalue weighted by atomic mass is 10.1. The predicted octanol–water partition coefficient (Wildman–Crippen LogP) is 3.06. The molecule has 2 aromatic carbocycles. The highest BCUT2D eigenvalue weighted by Gasteiger charge is 2.15. The summed E-state index contributed by atoms with van der Waals surface area (Å²) in [6, 6.07) is 10.8. The second-order valence-electron chi connectivity index (χ2n) is 5.28. The van der Waals surface area contributed by atoms with Crippen molar-refractivity contribution in [2.75, 3.05) is 0 Å². The monoisotopic (exact) mass is 386 g/mol. The molecule has 0 saturated heterocycles.